The van der Waals surface area contributed by atoms with E-state index in [1.54, 1.807) is 13.0 Å². The third-order valence-electron chi connectivity index (χ3n) is 3.45. The van der Waals surface area contributed by atoms with Crippen LogP contribution in [0.15, 0.2) is 36.4 Å². The summed E-state index contributed by atoms with van der Waals surface area (Å²) < 4.78 is 18.5. The van der Waals surface area contributed by atoms with Crippen LogP contribution in [0.4, 0.5) is 10.1 Å². The van der Waals surface area contributed by atoms with E-state index in [1.807, 2.05) is 24.3 Å². The maximum Gasteiger partial charge on any atom is 0.338 e. The van der Waals surface area contributed by atoms with Gasteiger partial charge >= 0.3 is 5.97 Å². The number of aliphatic hydroxyl groups excluding tert-OH is 1. The fraction of sp³-hybridized carbons (Fsp3) is 0.235. The summed E-state index contributed by atoms with van der Waals surface area (Å²) in [7, 11) is 1.26. The van der Waals surface area contributed by atoms with E-state index in [0.29, 0.717) is 17.8 Å². The Morgan fingerprint density at radius 3 is 2.45 bits per heavy atom. The van der Waals surface area contributed by atoms with Gasteiger partial charge in [-0.15, -0.1) is 0 Å². The molecule has 0 fully saturated rings. The molecule has 0 aromatic heterocycles. The smallest absolute Gasteiger partial charge is 0.338 e. The lowest BCUT2D eigenvalue weighted by Gasteiger charge is -2.12. The van der Waals surface area contributed by atoms with Crippen molar-refractivity contribution in [1.29, 1.82) is 0 Å². The quantitative estimate of drug-likeness (QED) is 0.834. The van der Waals surface area contributed by atoms with Gasteiger partial charge in [-0.25, -0.2) is 9.18 Å². The standard InChI is InChI=1S/C17H18FNO3/c1-11-15(18)7-14(17(21)22-2)8-16(11)19-9-12-3-5-13(10-20)6-4-12/h3-8,19-20H,9-10H2,1-2H3. The van der Waals surface area contributed by atoms with Crippen LogP contribution >= 0.6 is 0 Å². The fourth-order valence-corrected chi connectivity index (χ4v) is 2.06. The largest absolute Gasteiger partial charge is 0.465 e. The number of hydrogen-bond acceptors (Lipinski definition) is 4. The number of benzene rings is 2. The maximum atomic E-state index is 13.9. The first-order chi connectivity index (χ1) is 10.5. The van der Waals surface area contributed by atoms with Crippen LogP contribution < -0.4 is 5.32 Å². The highest BCUT2D eigenvalue weighted by Crippen LogP contribution is 2.22. The first kappa shape index (κ1) is 16.0. The van der Waals surface area contributed by atoms with Crippen molar-refractivity contribution in [2.45, 2.75) is 20.1 Å². The van der Waals surface area contributed by atoms with Crippen molar-refractivity contribution in [3.63, 3.8) is 0 Å². The number of aliphatic hydroxyl groups is 1. The topological polar surface area (TPSA) is 58.6 Å². The number of nitrogens with one attached hydrogen (secondary N) is 1. The van der Waals surface area contributed by atoms with Crippen molar-refractivity contribution in [3.05, 3.63) is 64.5 Å². The monoisotopic (exact) mass is 303 g/mol. The molecule has 0 bridgehead atoms. The molecule has 0 radical (unpaired) electrons. The molecule has 0 saturated heterocycles. The van der Waals surface area contributed by atoms with Gasteiger partial charge in [0, 0.05) is 17.8 Å². The number of halogens is 1. The summed E-state index contributed by atoms with van der Waals surface area (Å²) in [6.45, 7) is 2.13. The Labute approximate surface area is 128 Å². The second-order valence-electron chi connectivity index (χ2n) is 4.95. The number of carbonyl (C=O) groups excluding carboxylic acids is 1. The van der Waals surface area contributed by atoms with Crippen LogP contribution in [0.3, 0.4) is 0 Å². The van der Waals surface area contributed by atoms with Gasteiger partial charge in [0.2, 0.25) is 0 Å². The molecule has 0 aliphatic heterocycles. The number of hydrogen-bond donors (Lipinski definition) is 2. The van der Waals surface area contributed by atoms with E-state index < -0.39 is 11.8 Å². The molecule has 0 heterocycles. The van der Waals surface area contributed by atoms with Crippen LogP contribution in [0.1, 0.15) is 27.0 Å². The zero-order valence-corrected chi connectivity index (χ0v) is 12.5. The molecule has 22 heavy (non-hydrogen) atoms. The predicted octanol–water partition coefficient (Wildman–Crippen LogP) is 3.03. The highest BCUT2D eigenvalue weighted by molar-refractivity contribution is 5.90. The lowest BCUT2D eigenvalue weighted by molar-refractivity contribution is 0.0600. The van der Waals surface area contributed by atoms with E-state index in [0.717, 1.165) is 11.1 Å². The third-order valence-corrected chi connectivity index (χ3v) is 3.45. The fourth-order valence-electron chi connectivity index (χ4n) is 2.06. The molecule has 5 heteroatoms. The number of anilines is 1. The second-order valence-corrected chi connectivity index (χ2v) is 4.95. The van der Waals surface area contributed by atoms with Gasteiger partial charge in [0.1, 0.15) is 5.82 Å². The number of rotatable bonds is 5. The van der Waals surface area contributed by atoms with E-state index in [2.05, 4.69) is 10.1 Å². The van der Waals surface area contributed by atoms with Crippen molar-refractivity contribution in [2.75, 3.05) is 12.4 Å². The van der Waals surface area contributed by atoms with Crippen LogP contribution in [-0.2, 0) is 17.9 Å². The zero-order valence-electron chi connectivity index (χ0n) is 12.5. The summed E-state index contributed by atoms with van der Waals surface area (Å²) in [6, 6.07) is 10.2. The van der Waals surface area contributed by atoms with Crippen LogP contribution in [0.25, 0.3) is 0 Å². The molecule has 2 aromatic carbocycles. The Kier molecular flexibility index (Phi) is 5.12. The van der Waals surface area contributed by atoms with Crippen molar-refractivity contribution >= 4 is 11.7 Å². The summed E-state index contributed by atoms with van der Waals surface area (Å²) in [4.78, 5) is 11.5. The lowest BCUT2D eigenvalue weighted by Crippen LogP contribution is -2.07. The van der Waals surface area contributed by atoms with Crippen LogP contribution in [-0.4, -0.2) is 18.2 Å². The number of carbonyl (C=O) groups is 1. The minimum absolute atomic E-state index is 0.000791. The molecule has 2 aromatic rings. The van der Waals surface area contributed by atoms with E-state index in [4.69, 9.17) is 5.11 Å². The molecule has 4 nitrogen and oxygen atoms in total. The average molecular weight is 303 g/mol. The zero-order chi connectivity index (χ0) is 16.1. The van der Waals surface area contributed by atoms with Crippen molar-refractivity contribution in [2.24, 2.45) is 0 Å². The molecule has 0 saturated carbocycles. The second kappa shape index (κ2) is 7.04. The predicted molar refractivity (Wildman–Crippen MR) is 82.2 cm³/mol. The van der Waals surface area contributed by atoms with E-state index in [1.165, 1.54) is 13.2 Å². The molecule has 0 atom stereocenters. The van der Waals surface area contributed by atoms with E-state index in [-0.39, 0.29) is 12.2 Å². The van der Waals surface area contributed by atoms with Gasteiger partial charge in [0.15, 0.2) is 0 Å². The Balaban J connectivity index is 2.17. The molecular formula is C17H18FNO3. The van der Waals surface area contributed by atoms with Gasteiger partial charge in [-0.2, -0.15) is 0 Å². The van der Waals surface area contributed by atoms with Gasteiger partial charge < -0.3 is 15.2 Å². The van der Waals surface area contributed by atoms with Crippen LogP contribution in [0, 0.1) is 12.7 Å². The summed E-state index contributed by atoms with van der Waals surface area (Å²) in [5, 5.41) is 12.1. The summed E-state index contributed by atoms with van der Waals surface area (Å²) in [6.07, 6.45) is 0. The van der Waals surface area contributed by atoms with E-state index >= 15 is 0 Å². The Hall–Kier alpha value is -2.40. The Morgan fingerprint density at radius 2 is 1.86 bits per heavy atom. The summed E-state index contributed by atoms with van der Waals surface area (Å²) >= 11 is 0. The minimum Gasteiger partial charge on any atom is -0.465 e. The van der Waals surface area contributed by atoms with Crippen molar-refractivity contribution in [3.8, 4) is 0 Å². The Morgan fingerprint density at radius 1 is 1.23 bits per heavy atom. The molecule has 2 rings (SSSR count). The van der Waals surface area contributed by atoms with Gasteiger partial charge in [-0.3, -0.25) is 0 Å². The molecular weight excluding hydrogens is 285 g/mol. The third kappa shape index (κ3) is 3.62. The van der Waals surface area contributed by atoms with Gasteiger partial charge in [-0.05, 0) is 30.2 Å². The lowest BCUT2D eigenvalue weighted by atomic mass is 10.1. The highest BCUT2D eigenvalue weighted by Gasteiger charge is 2.12. The molecule has 0 amide bonds. The number of ether oxygens (including phenoxy) is 1. The maximum absolute atomic E-state index is 13.9. The molecule has 0 unspecified atom stereocenters. The number of methoxy groups -OCH3 is 1. The van der Waals surface area contributed by atoms with Crippen molar-refractivity contribution in [1.82, 2.24) is 0 Å². The normalized spacial score (nSPS) is 10.4. The molecule has 2 N–H and O–H groups in total. The molecule has 0 aliphatic rings. The first-order valence-corrected chi connectivity index (χ1v) is 6.86. The SMILES string of the molecule is COC(=O)c1cc(F)c(C)c(NCc2ccc(CO)cc2)c1. The average Bonchev–Trinajstić information content (AvgIpc) is 2.55. The van der Waals surface area contributed by atoms with Crippen LogP contribution in [0.2, 0.25) is 0 Å². The molecule has 0 spiro atoms. The molecule has 0 aliphatic carbocycles. The minimum atomic E-state index is -0.575. The van der Waals surface area contributed by atoms with Gasteiger partial charge in [0.05, 0.1) is 19.3 Å². The summed E-state index contributed by atoms with van der Waals surface area (Å²) in [5.41, 5.74) is 2.98. The molecule has 116 valence electrons. The van der Waals surface area contributed by atoms with Gasteiger partial charge in [-0.1, -0.05) is 24.3 Å². The number of esters is 1. The Bertz CT molecular complexity index is 668. The first-order valence-electron chi connectivity index (χ1n) is 6.86. The van der Waals surface area contributed by atoms with E-state index in [9.17, 15) is 9.18 Å². The van der Waals surface area contributed by atoms with Gasteiger partial charge in [0.25, 0.3) is 0 Å². The van der Waals surface area contributed by atoms with Crippen molar-refractivity contribution < 1.29 is 19.0 Å². The highest BCUT2D eigenvalue weighted by atomic mass is 19.1. The summed E-state index contributed by atoms with van der Waals surface area (Å²) in [5.74, 6) is -1.03. The van der Waals surface area contributed by atoms with Crippen LogP contribution in [0.5, 0.6) is 0 Å².